The molecule has 1 aliphatic rings. The van der Waals surface area contributed by atoms with Crippen molar-refractivity contribution in [2.24, 2.45) is 0 Å². The number of thiophene rings is 1. The normalized spacial score (nSPS) is 16.1. The monoisotopic (exact) mass is 456 g/mol. The first kappa shape index (κ1) is 21.3. The molecule has 0 unspecified atom stereocenters. The van der Waals surface area contributed by atoms with Gasteiger partial charge in [-0.15, -0.1) is 11.3 Å². The fraction of sp³-hybridized carbons (Fsp3) is 0.280. The van der Waals surface area contributed by atoms with E-state index in [-0.39, 0.29) is 6.04 Å². The molecule has 1 atom stereocenters. The molecule has 4 heterocycles. The van der Waals surface area contributed by atoms with Gasteiger partial charge in [0.25, 0.3) is 0 Å². The molecule has 1 aromatic carbocycles. The Morgan fingerprint density at radius 1 is 1.18 bits per heavy atom. The molecule has 1 N–H and O–H groups in total. The molecule has 0 spiro atoms. The van der Waals surface area contributed by atoms with E-state index < -0.39 is 0 Å². The quantitative estimate of drug-likeness (QED) is 0.434. The summed E-state index contributed by atoms with van der Waals surface area (Å²) in [5.41, 5.74) is 4.58. The third kappa shape index (κ3) is 4.65. The maximum Gasteiger partial charge on any atom is 0.242 e. The molecule has 4 aromatic rings. The molecule has 33 heavy (non-hydrogen) atoms. The van der Waals surface area contributed by atoms with Crippen LogP contribution in [0.4, 0.5) is 5.95 Å². The molecule has 0 saturated carbocycles. The number of nitrogens with zero attached hydrogens (tertiary/aromatic N) is 5. The molecule has 1 aliphatic heterocycles. The van der Waals surface area contributed by atoms with Gasteiger partial charge in [-0.1, -0.05) is 0 Å². The van der Waals surface area contributed by atoms with E-state index >= 15 is 0 Å². The highest BCUT2D eigenvalue weighted by molar-refractivity contribution is 7.17. The molecule has 166 valence electrons. The second-order valence-electron chi connectivity index (χ2n) is 8.36. The number of benzene rings is 1. The number of fused-ring (bicyclic) bond motifs is 1. The lowest BCUT2D eigenvalue weighted by molar-refractivity contribution is 0.328. The van der Waals surface area contributed by atoms with Gasteiger partial charge in [0.1, 0.15) is 10.4 Å². The molecule has 3 aromatic heterocycles. The van der Waals surface area contributed by atoms with Crippen LogP contribution < -0.4 is 10.1 Å². The Labute approximate surface area is 196 Å². The number of rotatable bonds is 6. The van der Waals surface area contributed by atoms with Gasteiger partial charge >= 0.3 is 0 Å². The number of hydrogen-bond donors (Lipinski definition) is 1. The van der Waals surface area contributed by atoms with Crippen molar-refractivity contribution >= 4 is 27.5 Å². The van der Waals surface area contributed by atoms with Gasteiger partial charge in [-0.05, 0) is 72.7 Å². The van der Waals surface area contributed by atoms with Crippen LogP contribution in [-0.2, 0) is 6.54 Å². The summed E-state index contributed by atoms with van der Waals surface area (Å²) in [6.07, 6.45) is 4.70. The van der Waals surface area contributed by atoms with Crippen molar-refractivity contribution in [2.75, 3.05) is 18.4 Å². The Morgan fingerprint density at radius 3 is 2.73 bits per heavy atom. The first-order valence-electron chi connectivity index (χ1n) is 10.9. The summed E-state index contributed by atoms with van der Waals surface area (Å²) in [7, 11) is 0. The average molecular weight is 457 g/mol. The average Bonchev–Trinajstić information content (AvgIpc) is 3.46. The minimum Gasteiger partial charge on any atom is -0.437 e. The summed E-state index contributed by atoms with van der Waals surface area (Å²) in [5.74, 6) is 1.86. The van der Waals surface area contributed by atoms with Gasteiger partial charge in [0.15, 0.2) is 0 Å². The van der Waals surface area contributed by atoms with Crippen molar-refractivity contribution in [2.45, 2.75) is 32.9 Å². The lowest BCUT2D eigenvalue weighted by atomic mass is 10.1. The van der Waals surface area contributed by atoms with Crippen LogP contribution in [0, 0.1) is 25.2 Å². The molecule has 1 saturated heterocycles. The fourth-order valence-electron chi connectivity index (χ4n) is 4.27. The van der Waals surface area contributed by atoms with Crippen molar-refractivity contribution in [3.63, 3.8) is 0 Å². The predicted octanol–water partition coefficient (Wildman–Crippen LogP) is 5.05. The summed E-state index contributed by atoms with van der Waals surface area (Å²) >= 11 is 1.56. The lowest BCUT2D eigenvalue weighted by Crippen LogP contribution is -2.26. The number of anilines is 1. The van der Waals surface area contributed by atoms with E-state index in [9.17, 15) is 5.26 Å². The van der Waals surface area contributed by atoms with Crippen molar-refractivity contribution < 1.29 is 4.74 Å². The smallest absolute Gasteiger partial charge is 0.242 e. The number of aryl methyl sites for hydroxylation is 2. The van der Waals surface area contributed by atoms with Crippen molar-refractivity contribution in [3.8, 4) is 17.7 Å². The molecular formula is C25H24N6OS. The Kier molecular flexibility index (Phi) is 5.90. The van der Waals surface area contributed by atoms with Gasteiger partial charge in [-0.25, -0.2) is 4.98 Å². The Balaban J connectivity index is 1.35. The molecule has 0 amide bonds. The van der Waals surface area contributed by atoms with Crippen molar-refractivity contribution in [1.82, 2.24) is 19.9 Å². The second-order valence-corrected chi connectivity index (χ2v) is 9.28. The van der Waals surface area contributed by atoms with Crippen LogP contribution in [0.3, 0.4) is 0 Å². The topological polar surface area (TPSA) is 87.0 Å². The zero-order valence-corrected chi connectivity index (χ0v) is 19.4. The van der Waals surface area contributed by atoms with E-state index in [0.717, 1.165) is 53.1 Å². The maximum atomic E-state index is 9.23. The first-order valence-corrected chi connectivity index (χ1v) is 11.8. The van der Waals surface area contributed by atoms with Gasteiger partial charge < -0.3 is 10.1 Å². The predicted molar refractivity (Wildman–Crippen MR) is 130 cm³/mol. The van der Waals surface area contributed by atoms with E-state index in [4.69, 9.17) is 14.7 Å². The number of aromatic nitrogens is 3. The van der Waals surface area contributed by atoms with E-state index in [1.165, 1.54) is 5.56 Å². The highest BCUT2D eigenvalue weighted by Crippen LogP contribution is 2.35. The van der Waals surface area contributed by atoms with Gasteiger partial charge in [0, 0.05) is 38.1 Å². The fourth-order valence-corrected chi connectivity index (χ4v) is 5.02. The van der Waals surface area contributed by atoms with Crippen LogP contribution in [0.1, 0.15) is 28.7 Å². The van der Waals surface area contributed by atoms with Crippen LogP contribution in [0.15, 0.2) is 48.1 Å². The van der Waals surface area contributed by atoms with Gasteiger partial charge in [0.2, 0.25) is 11.8 Å². The second kappa shape index (κ2) is 9.14. The Bertz CT molecular complexity index is 1310. The largest absolute Gasteiger partial charge is 0.437 e. The van der Waals surface area contributed by atoms with Crippen LogP contribution >= 0.6 is 11.3 Å². The molecular weight excluding hydrogens is 432 g/mol. The van der Waals surface area contributed by atoms with Crippen LogP contribution in [-0.4, -0.2) is 39.0 Å². The Morgan fingerprint density at radius 2 is 1.97 bits per heavy atom. The molecule has 1 fully saturated rings. The minimum absolute atomic E-state index is 0.272. The summed E-state index contributed by atoms with van der Waals surface area (Å²) < 4.78 is 7.22. The van der Waals surface area contributed by atoms with E-state index in [0.29, 0.717) is 17.4 Å². The summed E-state index contributed by atoms with van der Waals surface area (Å²) in [6, 6.07) is 12.3. The van der Waals surface area contributed by atoms with Gasteiger partial charge in [0.05, 0.1) is 17.1 Å². The third-order valence-corrected chi connectivity index (χ3v) is 6.71. The summed E-state index contributed by atoms with van der Waals surface area (Å²) in [5, 5.41) is 14.7. The van der Waals surface area contributed by atoms with E-state index in [1.54, 1.807) is 11.3 Å². The molecule has 0 radical (unpaired) electrons. The number of ether oxygens (including phenoxy) is 1. The zero-order valence-electron chi connectivity index (χ0n) is 18.6. The maximum absolute atomic E-state index is 9.23. The zero-order chi connectivity index (χ0) is 22.8. The summed E-state index contributed by atoms with van der Waals surface area (Å²) in [4.78, 5) is 16.0. The molecule has 7 nitrogen and oxygen atoms in total. The highest BCUT2D eigenvalue weighted by atomic mass is 32.1. The number of nitrogens with one attached hydrogen (secondary N) is 1. The first-order chi connectivity index (χ1) is 16.1. The Hall–Kier alpha value is -3.54. The molecule has 0 bridgehead atoms. The molecule has 8 heteroatoms. The van der Waals surface area contributed by atoms with E-state index in [1.807, 2.05) is 49.8 Å². The lowest BCUT2D eigenvalue weighted by Gasteiger charge is -2.17. The van der Waals surface area contributed by atoms with Crippen LogP contribution in [0.2, 0.25) is 0 Å². The highest BCUT2D eigenvalue weighted by Gasteiger charge is 2.24. The number of hydrogen-bond acceptors (Lipinski definition) is 8. The van der Waals surface area contributed by atoms with E-state index in [2.05, 4.69) is 33.4 Å². The SMILES string of the molecule is Cc1cc(C#N)cc(C)c1Oc1nc(N[C@@H]2CCN(Cc3ccncc3)C2)nc2ccsc12. The van der Waals surface area contributed by atoms with Crippen LogP contribution in [0.25, 0.3) is 10.2 Å². The van der Waals surface area contributed by atoms with Gasteiger partial charge in [-0.2, -0.15) is 10.2 Å². The molecule has 0 aliphatic carbocycles. The number of nitriles is 1. The standard InChI is InChI=1S/C25H24N6OS/c1-16-11-19(13-26)12-17(2)22(16)32-24-23-21(6-10-33-23)29-25(30-24)28-20-5-9-31(15-20)14-18-3-7-27-8-4-18/h3-4,6-8,10-12,20H,5,9,14-15H2,1-2H3,(H,28,29,30)/t20-/m1/s1. The van der Waals surface area contributed by atoms with Crippen molar-refractivity contribution in [3.05, 3.63) is 70.4 Å². The van der Waals surface area contributed by atoms with Crippen molar-refractivity contribution in [1.29, 1.82) is 5.26 Å². The number of pyridine rings is 1. The number of likely N-dealkylation sites (tertiary alicyclic amines) is 1. The molecule has 5 rings (SSSR count). The third-order valence-electron chi connectivity index (χ3n) is 5.82. The van der Waals surface area contributed by atoms with Gasteiger partial charge in [-0.3, -0.25) is 9.88 Å². The van der Waals surface area contributed by atoms with Crippen LogP contribution in [0.5, 0.6) is 11.6 Å². The summed E-state index contributed by atoms with van der Waals surface area (Å²) in [6.45, 7) is 6.76. The minimum atomic E-state index is 0.272.